The lowest BCUT2D eigenvalue weighted by molar-refractivity contribution is 0.234. The summed E-state index contributed by atoms with van der Waals surface area (Å²) < 4.78 is 16.0. The van der Waals surface area contributed by atoms with Crippen LogP contribution >= 0.6 is 0 Å². The van der Waals surface area contributed by atoms with E-state index in [2.05, 4.69) is 56.1 Å². The molecule has 5 nitrogen and oxygen atoms in total. The van der Waals surface area contributed by atoms with E-state index >= 15 is 0 Å². The summed E-state index contributed by atoms with van der Waals surface area (Å²) >= 11 is 0. The van der Waals surface area contributed by atoms with Crippen LogP contribution in [0.3, 0.4) is 0 Å². The molecule has 0 saturated carbocycles. The first-order chi connectivity index (χ1) is 16.1. The molecule has 2 aromatic heterocycles. The Hall–Kier alpha value is -3.09. The van der Waals surface area contributed by atoms with E-state index in [9.17, 15) is 4.39 Å². The van der Waals surface area contributed by atoms with Crippen molar-refractivity contribution in [2.75, 3.05) is 26.7 Å². The second-order valence-corrected chi connectivity index (χ2v) is 9.04. The molecular weight excluding hydrogens is 413 g/mol. The van der Waals surface area contributed by atoms with Crippen LogP contribution in [0.25, 0.3) is 33.4 Å². The average molecular weight is 444 g/mol. The third-order valence-corrected chi connectivity index (χ3v) is 6.68. The Labute approximate surface area is 194 Å². The van der Waals surface area contributed by atoms with Crippen molar-refractivity contribution in [3.8, 4) is 22.4 Å². The van der Waals surface area contributed by atoms with Gasteiger partial charge in [0.1, 0.15) is 5.82 Å². The zero-order valence-electron chi connectivity index (χ0n) is 19.3. The Morgan fingerprint density at radius 2 is 1.85 bits per heavy atom. The molecule has 1 saturated heterocycles. The zero-order valence-corrected chi connectivity index (χ0v) is 19.3. The predicted molar refractivity (Wildman–Crippen MR) is 132 cm³/mol. The Morgan fingerprint density at radius 1 is 1.03 bits per heavy atom. The van der Waals surface area contributed by atoms with Crippen molar-refractivity contribution in [2.45, 2.75) is 32.4 Å². The molecule has 3 heterocycles. The lowest BCUT2D eigenvalue weighted by Crippen LogP contribution is -2.41. The largest absolute Gasteiger partial charge is 0.329 e. The molecule has 0 radical (unpaired) electrons. The lowest BCUT2D eigenvalue weighted by atomic mass is 9.98. The van der Waals surface area contributed by atoms with Gasteiger partial charge in [0.05, 0.1) is 23.1 Å². The number of aromatic nitrogens is 3. The number of halogens is 1. The van der Waals surface area contributed by atoms with Gasteiger partial charge in [-0.25, -0.2) is 9.37 Å². The number of imidazole rings is 1. The first-order valence-corrected chi connectivity index (χ1v) is 11.7. The highest BCUT2D eigenvalue weighted by Crippen LogP contribution is 2.32. The highest BCUT2D eigenvalue weighted by atomic mass is 19.1. The molecule has 2 aromatic carbocycles. The van der Waals surface area contributed by atoms with Crippen LogP contribution in [0.1, 0.15) is 18.4 Å². The maximum atomic E-state index is 13.8. The van der Waals surface area contributed by atoms with Crippen molar-refractivity contribution in [3.63, 3.8) is 0 Å². The Balaban J connectivity index is 1.39. The first kappa shape index (κ1) is 21.7. The highest BCUT2D eigenvalue weighted by molar-refractivity contribution is 5.87. The topological polar surface area (TPSA) is 46.0 Å². The number of hydrogen-bond acceptors (Lipinski definition) is 4. The fourth-order valence-electron chi connectivity index (χ4n) is 4.66. The quantitative estimate of drug-likeness (QED) is 0.461. The molecule has 4 aromatic rings. The van der Waals surface area contributed by atoms with Crippen LogP contribution in [0.5, 0.6) is 0 Å². The number of likely N-dealkylation sites (tertiary alicyclic amines) is 1. The van der Waals surface area contributed by atoms with Crippen LogP contribution in [0.2, 0.25) is 0 Å². The molecule has 5 rings (SSSR count). The smallest absolute Gasteiger partial charge is 0.126 e. The third-order valence-electron chi connectivity index (χ3n) is 6.68. The van der Waals surface area contributed by atoms with Gasteiger partial charge in [0.15, 0.2) is 0 Å². The summed E-state index contributed by atoms with van der Waals surface area (Å²) in [6, 6.07) is 16.1. The van der Waals surface area contributed by atoms with E-state index in [0.717, 1.165) is 59.6 Å². The van der Waals surface area contributed by atoms with Crippen LogP contribution in [-0.4, -0.2) is 52.2 Å². The number of aryl methyl sites for hydroxylation is 1. The van der Waals surface area contributed by atoms with E-state index in [-0.39, 0.29) is 5.82 Å². The van der Waals surface area contributed by atoms with E-state index in [1.165, 1.54) is 18.9 Å². The van der Waals surface area contributed by atoms with Gasteiger partial charge in [-0.3, -0.25) is 4.98 Å². The fraction of sp³-hybridized carbons (Fsp3) is 0.333. The van der Waals surface area contributed by atoms with Gasteiger partial charge in [-0.1, -0.05) is 12.1 Å². The molecule has 170 valence electrons. The molecule has 0 amide bonds. The van der Waals surface area contributed by atoms with E-state index in [1.54, 1.807) is 19.2 Å². The lowest BCUT2D eigenvalue weighted by Gasteiger charge is -2.29. The van der Waals surface area contributed by atoms with Crippen LogP contribution < -0.4 is 5.32 Å². The second kappa shape index (κ2) is 9.41. The zero-order chi connectivity index (χ0) is 22.8. The molecule has 0 bridgehead atoms. The first-order valence-electron chi connectivity index (χ1n) is 11.7. The van der Waals surface area contributed by atoms with Crippen molar-refractivity contribution >= 4 is 11.0 Å². The van der Waals surface area contributed by atoms with Gasteiger partial charge in [0.25, 0.3) is 0 Å². The summed E-state index contributed by atoms with van der Waals surface area (Å²) in [4.78, 5) is 11.6. The van der Waals surface area contributed by atoms with Gasteiger partial charge in [-0.2, -0.15) is 0 Å². The summed E-state index contributed by atoms with van der Waals surface area (Å²) in [7, 11) is 2.19. The van der Waals surface area contributed by atoms with Crippen LogP contribution in [0.4, 0.5) is 4.39 Å². The number of benzene rings is 2. The van der Waals surface area contributed by atoms with Crippen LogP contribution in [0, 0.1) is 12.7 Å². The van der Waals surface area contributed by atoms with Gasteiger partial charge in [0, 0.05) is 36.5 Å². The van der Waals surface area contributed by atoms with Gasteiger partial charge in [-0.05, 0) is 87.4 Å². The number of pyridine rings is 1. The molecule has 1 N–H and O–H groups in total. The molecule has 6 heteroatoms. The van der Waals surface area contributed by atoms with Gasteiger partial charge in [-0.15, -0.1) is 0 Å². The molecule has 0 unspecified atom stereocenters. The molecule has 1 aliphatic rings. The molecule has 1 fully saturated rings. The van der Waals surface area contributed by atoms with Crippen molar-refractivity contribution < 1.29 is 4.39 Å². The predicted octanol–water partition coefficient (Wildman–Crippen LogP) is 4.90. The van der Waals surface area contributed by atoms with Crippen molar-refractivity contribution in [3.05, 3.63) is 72.4 Å². The minimum absolute atomic E-state index is 0.199. The normalized spacial score (nSPS) is 15.4. The Kier molecular flexibility index (Phi) is 6.20. The van der Waals surface area contributed by atoms with E-state index in [0.29, 0.717) is 11.6 Å². The number of hydrogen-bond donors (Lipinski definition) is 1. The van der Waals surface area contributed by atoms with Crippen molar-refractivity contribution in [1.82, 2.24) is 24.8 Å². The van der Waals surface area contributed by atoms with E-state index in [1.807, 2.05) is 18.5 Å². The number of rotatable bonds is 6. The molecule has 0 atom stereocenters. The average Bonchev–Trinajstić information content (AvgIpc) is 3.24. The van der Waals surface area contributed by atoms with Gasteiger partial charge in [0.2, 0.25) is 0 Å². The van der Waals surface area contributed by atoms with Gasteiger partial charge < -0.3 is 14.8 Å². The third kappa shape index (κ3) is 4.68. The summed E-state index contributed by atoms with van der Waals surface area (Å²) in [5, 5.41) is 3.72. The number of nitrogens with one attached hydrogen (secondary N) is 1. The molecule has 0 aliphatic carbocycles. The van der Waals surface area contributed by atoms with Crippen LogP contribution in [-0.2, 0) is 6.54 Å². The number of nitrogens with zero attached hydrogens (tertiary/aromatic N) is 4. The number of piperidine rings is 1. The summed E-state index contributed by atoms with van der Waals surface area (Å²) in [6.07, 6.45) is 6.13. The maximum absolute atomic E-state index is 13.8. The standard InChI is InChI=1S/C27H30FN5/c1-19-16-21(5-7-24(19)28)27-23(4-3-11-30-27)20-6-8-25-26(17-20)33(18-31-25)15-12-29-22-9-13-32(2)14-10-22/h3-8,11,16-18,22,29H,9-10,12-15H2,1-2H3. The Morgan fingerprint density at radius 3 is 2.67 bits per heavy atom. The van der Waals surface area contributed by atoms with Crippen molar-refractivity contribution in [1.29, 1.82) is 0 Å². The second-order valence-electron chi connectivity index (χ2n) is 9.04. The molecule has 1 aliphatic heterocycles. The molecule has 0 spiro atoms. The van der Waals surface area contributed by atoms with Crippen molar-refractivity contribution in [2.24, 2.45) is 0 Å². The SMILES string of the molecule is Cc1cc(-c2ncccc2-c2ccc3ncn(CCNC4CCN(C)CC4)c3c2)ccc1F. The van der Waals surface area contributed by atoms with Crippen LogP contribution in [0.15, 0.2) is 61.1 Å². The minimum atomic E-state index is -0.199. The monoisotopic (exact) mass is 443 g/mol. The summed E-state index contributed by atoms with van der Waals surface area (Å²) in [5.41, 5.74) is 6.61. The summed E-state index contributed by atoms with van der Waals surface area (Å²) in [6.45, 7) is 5.91. The Bertz CT molecular complexity index is 1260. The van der Waals surface area contributed by atoms with E-state index < -0.39 is 0 Å². The summed E-state index contributed by atoms with van der Waals surface area (Å²) in [5.74, 6) is -0.199. The van der Waals surface area contributed by atoms with E-state index in [4.69, 9.17) is 0 Å². The fourth-order valence-corrected chi connectivity index (χ4v) is 4.66. The van der Waals surface area contributed by atoms with Gasteiger partial charge >= 0.3 is 0 Å². The molecule has 33 heavy (non-hydrogen) atoms. The maximum Gasteiger partial charge on any atom is 0.126 e. The highest BCUT2D eigenvalue weighted by Gasteiger charge is 2.16. The minimum Gasteiger partial charge on any atom is -0.329 e. The molecular formula is C27H30FN5. The number of fused-ring (bicyclic) bond motifs is 1.